The summed E-state index contributed by atoms with van der Waals surface area (Å²) >= 11 is 6.23. The van der Waals surface area contributed by atoms with Gasteiger partial charge < -0.3 is 0 Å². The molecule has 0 amide bonds. The Morgan fingerprint density at radius 3 is 2.37 bits per heavy atom. The number of nitrogens with zero attached hydrogens (tertiary/aromatic N) is 2. The molecule has 1 aromatic heterocycles. The Balaban J connectivity index is 1.89. The number of anilines is 1. The van der Waals surface area contributed by atoms with E-state index in [4.69, 9.17) is 11.6 Å². The maximum atomic E-state index is 12.8. The average Bonchev–Trinajstić information content (AvgIpc) is 2.91. The Morgan fingerprint density at radius 1 is 1.07 bits per heavy atom. The Hall–Kier alpha value is -2.31. The number of benzene rings is 2. The smallest absolute Gasteiger partial charge is 0.262 e. The maximum Gasteiger partial charge on any atom is 0.262 e. The van der Waals surface area contributed by atoms with Gasteiger partial charge in [0.15, 0.2) is 0 Å². The van der Waals surface area contributed by atoms with Crippen molar-refractivity contribution in [1.29, 1.82) is 0 Å². The van der Waals surface area contributed by atoms with Gasteiger partial charge in [0.25, 0.3) is 10.0 Å². The highest BCUT2D eigenvalue weighted by Gasteiger charge is 2.20. The van der Waals surface area contributed by atoms with Gasteiger partial charge in [-0.05, 0) is 49.6 Å². The van der Waals surface area contributed by atoms with E-state index in [0.717, 1.165) is 23.2 Å². The van der Waals surface area contributed by atoms with Crippen molar-refractivity contribution in [3.63, 3.8) is 0 Å². The van der Waals surface area contributed by atoms with E-state index >= 15 is 0 Å². The predicted octanol–water partition coefficient (Wildman–Crippen LogP) is 4.56. The monoisotopic (exact) mass is 403 g/mol. The molecule has 0 aliphatic heterocycles. The third kappa shape index (κ3) is 4.17. The summed E-state index contributed by atoms with van der Waals surface area (Å²) in [7, 11) is -3.68. The Bertz CT molecular complexity index is 1060. The lowest BCUT2D eigenvalue weighted by molar-refractivity contribution is 0.601. The highest BCUT2D eigenvalue weighted by Crippen LogP contribution is 2.25. The summed E-state index contributed by atoms with van der Waals surface area (Å²) in [4.78, 5) is 0.234. The quantitative estimate of drug-likeness (QED) is 0.655. The summed E-state index contributed by atoms with van der Waals surface area (Å²) < 4.78 is 30.0. The Labute approximate surface area is 165 Å². The van der Waals surface area contributed by atoms with E-state index in [0.29, 0.717) is 22.9 Å². The summed E-state index contributed by atoms with van der Waals surface area (Å²) in [5.74, 6) is 0. The van der Waals surface area contributed by atoms with Crippen LogP contribution in [0.3, 0.4) is 0 Å². The van der Waals surface area contributed by atoms with Gasteiger partial charge in [-0.2, -0.15) is 5.10 Å². The molecule has 0 saturated heterocycles. The molecule has 7 heteroatoms. The van der Waals surface area contributed by atoms with Crippen LogP contribution in [0.5, 0.6) is 0 Å². The van der Waals surface area contributed by atoms with Crippen molar-refractivity contribution in [3.05, 3.63) is 76.1 Å². The normalized spacial score (nSPS) is 11.6. The fraction of sp³-hybridized carbons (Fsp3) is 0.250. The van der Waals surface area contributed by atoms with Crippen LogP contribution in [0.25, 0.3) is 0 Å². The zero-order chi connectivity index (χ0) is 19.6. The molecule has 0 bridgehead atoms. The number of halogens is 1. The molecule has 0 unspecified atom stereocenters. The lowest BCUT2D eigenvalue weighted by atomic mass is 10.2. The molecule has 0 radical (unpaired) electrons. The topological polar surface area (TPSA) is 64.0 Å². The third-order valence-corrected chi connectivity index (χ3v) is 6.27. The van der Waals surface area contributed by atoms with Crippen molar-refractivity contribution < 1.29 is 8.42 Å². The number of sulfonamides is 1. The first-order valence-corrected chi connectivity index (χ1v) is 10.6. The second kappa shape index (κ2) is 7.74. The standard InChI is InChI=1S/C20H22ClN3O2S/c1-4-16-9-11-18(12-10-16)27(25,26)23-20-14(2)22-24(15(20)3)13-17-7-5-6-8-19(17)21/h5-12,23H,4,13H2,1-3H3. The van der Waals surface area contributed by atoms with Crippen molar-refractivity contribution in [2.75, 3.05) is 4.72 Å². The fourth-order valence-electron chi connectivity index (χ4n) is 2.88. The van der Waals surface area contributed by atoms with Gasteiger partial charge in [-0.3, -0.25) is 9.40 Å². The van der Waals surface area contributed by atoms with E-state index < -0.39 is 10.0 Å². The highest BCUT2D eigenvalue weighted by atomic mass is 35.5. The van der Waals surface area contributed by atoms with Gasteiger partial charge in [0, 0.05) is 5.02 Å². The molecule has 0 spiro atoms. The summed E-state index contributed by atoms with van der Waals surface area (Å²) in [6, 6.07) is 14.4. The molecule has 27 heavy (non-hydrogen) atoms. The SMILES string of the molecule is CCc1ccc(S(=O)(=O)Nc2c(C)nn(Cc3ccccc3Cl)c2C)cc1. The van der Waals surface area contributed by atoms with Crippen LogP contribution >= 0.6 is 11.6 Å². The molecule has 0 saturated carbocycles. The van der Waals surface area contributed by atoms with Crippen LogP contribution in [0, 0.1) is 13.8 Å². The number of nitrogens with one attached hydrogen (secondary N) is 1. The molecule has 2 aromatic carbocycles. The molecule has 0 atom stereocenters. The zero-order valence-electron chi connectivity index (χ0n) is 15.5. The summed E-state index contributed by atoms with van der Waals surface area (Å²) in [6.07, 6.45) is 0.862. The van der Waals surface area contributed by atoms with Crippen molar-refractivity contribution in [3.8, 4) is 0 Å². The van der Waals surface area contributed by atoms with Gasteiger partial charge in [-0.15, -0.1) is 0 Å². The van der Waals surface area contributed by atoms with Gasteiger partial charge in [-0.1, -0.05) is 48.9 Å². The molecular weight excluding hydrogens is 382 g/mol. The predicted molar refractivity (Wildman–Crippen MR) is 109 cm³/mol. The molecule has 1 N–H and O–H groups in total. The first-order valence-electron chi connectivity index (χ1n) is 8.71. The highest BCUT2D eigenvalue weighted by molar-refractivity contribution is 7.92. The van der Waals surface area contributed by atoms with Crippen LogP contribution in [0.4, 0.5) is 5.69 Å². The van der Waals surface area contributed by atoms with Crippen molar-refractivity contribution in [2.45, 2.75) is 38.6 Å². The van der Waals surface area contributed by atoms with Gasteiger partial charge in [0.05, 0.1) is 28.5 Å². The van der Waals surface area contributed by atoms with E-state index in [9.17, 15) is 8.42 Å². The molecule has 0 aliphatic carbocycles. The second-order valence-electron chi connectivity index (χ2n) is 6.40. The second-order valence-corrected chi connectivity index (χ2v) is 8.49. The molecule has 3 aromatic rings. The summed E-state index contributed by atoms with van der Waals surface area (Å²) in [6.45, 7) is 6.13. The first-order chi connectivity index (χ1) is 12.8. The summed E-state index contributed by atoms with van der Waals surface area (Å²) in [5, 5.41) is 5.14. The summed E-state index contributed by atoms with van der Waals surface area (Å²) in [5.41, 5.74) is 3.87. The Kier molecular flexibility index (Phi) is 5.58. The van der Waals surface area contributed by atoms with Crippen LogP contribution in [0.2, 0.25) is 5.02 Å². The molecule has 142 valence electrons. The first kappa shape index (κ1) is 19.5. The molecule has 0 fully saturated rings. The molecule has 5 nitrogen and oxygen atoms in total. The van der Waals surface area contributed by atoms with Gasteiger partial charge in [0.1, 0.15) is 0 Å². The maximum absolute atomic E-state index is 12.8. The van der Waals surface area contributed by atoms with E-state index in [1.165, 1.54) is 0 Å². The molecular formula is C20H22ClN3O2S. The minimum absolute atomic E-state index is 0.234. The van der Waals surface area contributed by atoms with Gasteiger partial charge >= 0.3 is 0 Å². The van der Waals surface area contributed by atoms with E-state index in [-0.39, 0.29) is 4.90 Å². The number of rotatable bonds is 6. The van der Waals surface area contributed by atoms with Crippen molar-refractivity contribution in [2.24, 2.45) is 0 Å². The van der Waals surface area contributed by atoms with E-state index in [1.54, 1.807) is 23.7 Å². The number of aryl methyl sites for hydroxylation is 2. The average molecular weight is 404 g/mol. The fourth-order valence-corrected chi connectivity index (χ4v) is 4.26. The largest absolute Gasteiger partial charge is 0.276 e. The van der Waals surface area contributed by atoms with Crippen molar-refractivity contribution >= 4 is 27.3 Å². The third-order valence-electron chi connectivity index (χ3n) is 4.54. The van der Waals surface area contributed by atoms with Crippen LogP contribution in [0.15, 0.2) is 53.4 Å². The number of aromatic nitrogens is 2. The van der Waals surface area contributed by atoms with Gasteiger partial charge in [-0.25, -0.2) is 8.42 Å². The van der Waals surface area contributed by atoms with Gasteiger partial charge in [0.2, 0.25) is 0 Å². The van der Waals surface area contributed by atoms with E-state index in [1.807, 2.05) is 50.2 Å². The van der Waals surface area contributed by atoms with Crippen LogP contribution in [-0.2, 0) is 23.0 Å². The van der Waals surface area contributed by atoms with Crippen molar-refractivity contribution in [1.82, 2.24) is 9.78 Å². The minimum Gasteiger partial charge on any atom is -0.276 e. The molecule has 3 rings (SSSR count). The van der Waals surface area contributed by atoms with Crippen LogP contribution in [-0.4, -0.2) is 18.2 Å². The lowest BCUT2D eigenvalue weighted by Gasteiger charge is -2.10. The number of hydrogen-bond donors (Lipinski definition) is 1. The minimum atomic E-state index is -3.68. The lowest BCUT2D eigenvalue weighted by Crippen LogP contribution is -2.14. The zero-order valence-corrected chi connectivity index (χ0v) is 17.1. The van der Waals surface area contributed by atoms with E-state index in [2.05, 4.69) is 9.82 Å². The van der Waals surface area contributed by atoms with Crippen LogP contribution < -0.4 is 4.72 Å². The molecule has 1 heterocycles. The van der Waals surface area contributed by atoms with Crippen LogP contribution in [0.1, 0.15) is 29.4 Å². The number of hydrogen-bond acceptors (Lipinski definition) is 3. The molecule has 0 aliphatic rings. The Morgan fingerprint density at radius 2 is 1.74 bits per heavy atom.